The van der Waals surface area contributed by atoms with Crippen LogP contribution in [-0.4, -0.2) is 63.9 Å². The van der Waals surface area contributed by atoms with Gasteiger partial charge in [0.25, 0.3) is 0 Å². The van der Waals surface area contributed by atoms with E-state index in [1.54, 1.807) is 0 Å². The number of carboxylic acid groups (broad SMARTS) is 3. The van der Waals surface area contributed by atoms with Gasteiger partial charge in [-0.25, -0.2) is 14.4 Å². The van der Waals surface area contributed by atoms with Crippen LogP contribution in [0.1, 0.15) is 31.1 Å². The fraction of sp³-hybridized carbons (Fsp3) is 0. The summed E-state index contributed by atoms with van der Waals surface area (Å²) in [6.45, 7) is 0. The van der Waals surface area contributed by atoms with Crippen LogP contribution in [0.2, 0.25) is 0 Å². The van der Waals surface area contributed by atoms with Crippen molar-refractivity contribution in [1.29, 1.82) is 0 Å². The maximum absolute atomic E-state index is 10.3. The third kappa shape index (κ3) is 7.25. The Kier molecular flexibility index (Phi) is 8.88. The summed E-state index contributed by atoms with van der Waals surface area (Å²) in [5.41, 5.74) is -0.821. The minimum atomic E-state index is -1.35. The van der Waals surface area contributed by atoms with Crippen LogP contribution < -0.4 is 0 Å². The summed E-state index contributed by atoms with van der Waals surface area (Å²) in [7, 11) is 0. The number of hydrogen-bond donors (Lipinski definition) is 9. The smallest absolute Gasteiger partial charge is 0.343 e. The van der Waals surface area contributed by atoms with Gasteiger partial charge in [-0.05, 0) is 42.5 Å². The van der Waals surface area contributed by atoms with Crippen molar-refractivity contribution in [3.05, 3.63) is 71.3 Å². The number of carboxylic acids is 3. The molecule has 12 heteroatoms. The summed E-state index contributed by atoms with van der Waals surface area (Å²) in [5, 5.41) is 78.5. The first kappa shape index (κ1) is 25.9. The summed E-state index contributed by atoms with van der Waals surface area (Å²) in [6.07, 6.45) is 0. The standard InChI is InChI=1S/3C7H6O4/c8-5-2-1-4(7(10)11)3-6(5)9;8-4-2-1-3-5(9)6(4)7(10)11;8-5-3-1-2-4(6(5)9)7(10)11/h3*1-3,8-9H,(H,10,11). The highest BCUT2D eigenvalue weighted by Crippen LogP contribution is 2.28. The van der Waals surface area contributed by atoms with Crippen LogP contribution in [0.15, 0.2) is 54.6 Å². The molecule has 0 aromatic heterocycles. The predicted octanol–water partition coefficient (Wildman–Crippen LogP) is 2.39. The molecule has 9 N–H and O–H groups in total. The number of hydrogen-bond acceptors (Lipinski definition) is 9. The van der Waals surface area contributed by atoms with Gasteiger partial charge in [-0.1, -0.05) is 12.1 Å². The average molecular weight is 462 g/mol. The number of rotatable bonds is 3. The van der Waals surface area contributed by atoms with Gasteiger partial charge >= 0.3 is 17.9 Å². The Bertz CT molecular complexity index is 1150. The van der Waals surface area contributed by atoms with Crippen molar-refractivity contribution in [1.82, 2.24) is 0 Å². The lowest BCUT2D eigenvalue weighted by Crippen LogP contribution is -1.96. The maximum Gasteiger partial charge on any atom is 0.343 e. The Labute approximate surface area is 184 Å². The van der Waals surface area contributed by atoms with Crippen molar-refractivity contribution in [2.45, 2.75) is 0 Å². The summed E-state index contributed by atoms with van der Waals surface area (Å²) < 4.78 is 0. The highest BCUT2D eigenvalue weighted by atomic mass is 16.4. The second kappa shape index (κ2) is 11.3. The number of phenols is 6. The van der Waals surface area contributed by atoms with Crippen LogP contribution in [0, 0.1) is 0 Å². The van der Waals surface area contributed by atoms with Gasteiger partial charge in [0, 0.05) is 0 Å². The van der Waals surface area contributed by atoms with E-state index in [4.69, 9.17) is 46.0 Å². The summed E-state index contributed by atoms with van der Waals surface area (Å²) in [4.78, 5) is 30.9. The monoisotopic (exact) mass is 462 g/mol. The van der Waals surface area contributed by atoms with E-state index in [2.05, 4.69) is 0 Å². The summed E-state index contributed by atoms with van der Waals surface area (Å²) in [6, 6.07) is 10.8. The first-order valence-corrected chi connectivity index (χ1v) is 8.60. The molecule has 0 bridgehead atoms. The number of benzene rings is 3. The molecule has 0 radical (unpaired) electrons. The minimum Gasteiger partial charge on any atom is -0.507 e. The predicted molar refractivity (Wildman–Crippen MR) is 110 cm³/mol. The molecular formula is C21H18O12. The molecule has 0 fully saturated rings. The molecular weight excluding hydrogens is 444 g/mol. The van der Waals surface area contributed by atoms with Gasteiger partial charge < -0.3 is 46.0 Å². The minimum absolute atomic E-state index is 0.0553. The van der Waals surface area contributed by atoms with E-state index >= 15 is 0 Å². The molecule has 0 saturated heterocycles. The van der Waals surface area contributed by atoms with Crippen molar-refractivity contribution in [2.75, 3.05) is 0 Å². The molecule has 0 unspecified atom stereocenters. The van der Waals surface area contributed by atoms with Crippen LogP contribution in [-0.2, 0) is 0 Å². The molecule has 0 aliphatic heterocycles. The van der Waals surface area contributed by atoms with Crippen molar-refractivity contribution in [3.8, 4) is 34.5 Å². The fourth-order valence-corrected chi connectivity index (χ4v) is 2.11. The Morgan fingerprint density at radius 2 is 1.03 bits per heavy atom. The van der Waals surface area contributed by atoms with E-state index in [1.165, 1.54) is 42.5 Å². The zero-order valence-corrected chi connectivity index (χ0v) is 16.4. The van der Waals surface area contributed by atoms with Crippen LogP contribution in [0.5, 0.6) is 34.5 Å². The molecule has 33 heavy (non-hydrogen) atoms. The number of phenolic OH excluding ortho intramolecular Hbond substituents is 3. The molecule has 0 heterocycles. The van der Waals surface area contributed by atoms with E-state index in [0.29, 0.717) is 0 Å². The fourth-order valence-electron chi connectivity index (χ4n) is 2.11. The largest absolute Gasteiger partial charge is 0.507 e. The molecule has 3 rings (SSSR count). The third-order valence-corrected chi connectivity index (χ3v) is 3.70. The maximum atomic E-state index is 10.3. The molecule has 12 nitrogen and oxygen atoms in total. The SMILES string of the molecule is O=C(O)c1c(O)cccc1O.O=C(O)c1ccc(O)c(O)c1.O=C(O)c1cccc(O)c1O. The van der Waals surface area contributed by atoms with Crippen LogP contribution in [0.25, 0.3) is 0 Å². The molecule has 0 saturated carbocycles. The second-order valence-corrected chi connectivity index (χ2v) is 5.96. The lowest BCUT2D eigenvalue weighted by molar-refractivity contribution is 0.0680. The normalized spacial score (nSPS) is 9.45. The van der Waals surface area contributed by atoms with Gasteiger partial charge in [-0.15, -0.1) is 0 Å². The van der Waals surface area contributed by atoms with E-state index in [9.17, 15) is 14.4 Å². The highest BCUT2D eigenvalue weighted by Gasteiger charge is 2.13. The molecule has 0 atom stereocenters. The Hall–Kier alpha value is -5.13. The Balaban J connectivity index is 0.000000247. The molecule has 0 amide bonds. The van der Waals surface area contributed by atoms with Crippen LogP contribution >= 0.6 is 0 Å². The molecule has 0 aliphatic carbocycles. The van der Waals surface area contributed by atoms with Crippen LogP contribution in [0.3, 0.4) is 0 Å². The van der Waals surface area contributed by atoms with Crippen molar-refractivity contribution in [3.63, 3.8) is 0 Å². The number of aromatic hydroxyl groups is 6. The van der Waals surface area contributed by atoms with E-state index < -0.39 is 52.2 Å². The number of carbonyl (C=O) groups is 3. The lowest BCUT2D eigenvalue weighted by atomic mass is 10.2. The van der Waals surface area contributed by atoms with Gasteiger partial charge in [0.05, 0.1) is 5.56 Å². The number of aromatic carboxylic acids is 3. The zero-order valence-electron chi connectivity index (χ0n) is 16.4. The quantitative estimate of drug-likeness (QED) is 0.255. The summed E-state index contributed by atoms with van der Waals surface area (Å²) >= 11 is 0. The van der Waals surface area contributed by atoms with Crippen LogP contribution in [0.4, 0.5) is 0 Å². The van der Waals surface area contributed by atoms with E-state index in [-0.39, 0.29) is 16.9 Å². The van der Waals surface area contributed by atoms with Crippen molar-refractivity contribution in [2.24, 2.45) is 0 Å². The Morgan fingerprint density at radius 1 is 0.515 bits per heavy atom. The zero-order chi connectivity index (χ0) is 25.3. The van der Waals surface area contributed by atoms with E-state index in [1.807, 2.05) is 0 Å². The second-order valence-electron chi connectivity index (χ2n) is 5.96. The molecule has 0 aliphatic rings. The number of para-hydroxylation sites is 1. The molecule has 3 aromatic rings. The van der Waals surface area contributed by atoms with Gasteiger partial charge in [0.15, 0.2) is 23.0 Å². The highest BCUT2D eigenvalue weighted by molar-refractivity contribution is 5.93. The van der Waals surface area contributed by atoms with Gasteiger partial charge in [-0.3, -0.25) is 0 Å². The topological polar surface area (TPSA) is 233 Å². The van der Waals surface area contributed by atoms with Gasteiger partial charge in [0.1, 0.15) is 22.6 Å². The molecule has 3 aromatic carbocycles. The lowest BCUT2D eigenvalue weighted by Gasteiger charge is -1.99. The summed E-state index contributed by atoms with van der Waals surface area (Å²) in [5.74, 6) is -6.39. The average Bonchev–Trinajstić information content (AvgIpc) is 2.72. The first-order chi connectivity index (χ1) is 15.4. The van der Waals surface area contributed by atoms with Crippen molar-refractivity contribution >= 4 is 17.9 Å². The van der Waals surface area contributed by atoms with Crippen molar-refractivity contribution < 1.29 is 60.3 Å². The molecule has 0 spiro atoms. The third-order valence-electron chi connectivity index (χ3n) is 3.70. The first-order valence-electron chi connectivity index (χ1n) is 8.60. The van der Waals surface area contributed by atoms with Gasteiger partial charge in [0.2, 0.25) is 0 Å². The Morgan fingerprint density at radius 3 is 1.42 bits per heavy atom. The van der Waals surface area contributed by atoms with Gasteiger partial charge in [-0.2, -0.15) is 0 Å². The van der Waals surface area contributed by atoms with E-state index in [0.717, 1.165) is 12.1 Å². The molecule has 174 valence electrons.